The minimum Gasteiger partial charge on any atom is -0.298 e. The van der Waals surface area contributed by atoms with Crippen LogP contribution in [0.15, 0.2) is 18.3 Å². The summed E-state index contributed by atoms with van der Waals surface area (Å²) >= 11 is 0. The molecule has 0 atom stereocenters. The van der Waals surface area contributed by atoms with E-state index in [4.69, 9.17) is 0 Å². The third-order valence-corrected chi connectivity index (χ3v) is 1.86. The van der Waals surface area contributed by atoms with Gasteiger partial charge in [-0.05, 0) is 12.1 Å². The van der Waals surface area contributed by atoms with Crippen LogP contribution in [0.5, 0.6) is 0 Å². The average molecular weight is 191 g/mol. The fraction of sp³-hybridized carbons (Fsp3) is 0.364. The van der Waals surface area contributed by atoms with Gasteiger partial charge in [0.05, 0.1) is 0 Å². The van der Waals surface area contributed by atoms with E-state index < -0.39 is 5.41 Å². The van der Waals surface area contributed by atoms with Crippen molar-refractivity contribution in [2.24, 2.45) is 5.41 Å². The van der Waals surface area contributed by atoms with Gasteiger partial charge in [0.1, 0.15) is 5.69 Å². The van der Waals surface area contributed by atoms with Gasteiger partial charge in [-0.15, -0.1) is 0 Å². The van der Waals surface area contributed by atoms with Crippen LogP contribution < -0.4 is 0 Å². The lowest BCUT2D eigenvalue weighted by molar-refractivity contribution is 0.0849. The molecule has 0 fully saturated rings. The maximum Gasteiger partial charge on any atom is 0.187 e. The Morgan fingerprint density at radius 3 is 2.57 bits per heavy atom. The summed E-state index contributed by atoms with van der Waals surface area (Å²) in [6, 6.07) is 3.24. The lowest BCUT2D eigenvalue weighted by Crippen LogP contribution is -2.22. The molecular weight excluding hydrogens is 178 g/mol. The first-order valence-corrected chi connectivity index (χ1v) is 4.42. The van der Waals surface area contributed by atoms with Crippen molar-refractivity contribution in [2.75, 3.05) is 0 Å². The topological polar surface area (TPSA) is 47.0 Å². The predicted molar refractivity (Wildman–Crippen MR) is 53.4 cm³/mol. The number of aldehydes is 1. The summed E-state index contributed by atoms with van der Waals surface area (Å²) < 4.78 is 0. The lowest BCUT2D eigenvalue weighted by atomic mass is 9.87. The highest BCUT2D eigenvalue weighted by atomic mass is 16.1. The van der Waals surface area contributed by atoms with Crippen molar-refractivity contribution in [3.63, 3.8) is 0 Å². The molecule has 0 N–H and O–H groups in total. The minimum absolute atomic E-state index is 0.111. The molecule has 14 heavy (non-hydrogen) atoms. The SMILES string of the molecule is CC(C)(C)C(=O)c1ncccc1C=O. The summed E-state index contributed by atoms with van der Waals surface area (Å²) in [7, 11) is 0. The van der Waals surface area contributed by atoms with Crippen LogP contribution in [0.25, 0.3) is 0 Å². The van der Waals surface area contributed by atoms with Crippen LogP contribution in [0.1, 0.15) is 41.6 Å². The number of nitrogens with zero attached hydrogens (tertiary/aromatic N) is 1. The van der Waals surface area contributed by atoms with Crippen molar-refractivity contribution in [1.29, 1.82) is 0 Å². The van der Waals surface area contributed by atoms with Gasteiger partial charge in [0.15, 0.2) is 12.1 Å². The second kappa shape index (κ2) is 3.70. The number of aromatic nitrogens is 1. The van der Waals surface area contributed by atoms with Gasteiger partial charge in [-0.3, -0.25) is 14.6 Å². The molecule has 1 aromatic rings. The Morgan fingerprint density at radius 1 is 1.43 bits per heavy atom. The van der Waals surface area contributed by atoms with E-state index in [1.165, 1.54) is 6.20 Å². The Bertz CT molecular complexity index is 364. The Balaban J connectivity index is 3.19. The summed E-state index contributed by atoms with van der Waals surface area (Å²) in [5, 5.41) is 0. The Morgan fingerprint density at radius 2 is 2.07 bits per heavy atom. The molecule has 0 amide bonds. The molecule has 0 aliphatic heterocycles. The van der Waals surface area contributed by atoms with E-state index in [1.54, 1.807) is 32.9 Å². The standard InChI is InChI=1S/C11H13NO2/c1-11(2,3)10(14)9-8(7-13)5-4-6-12-9/h4-7H,1-3H3. The first-order chi connectivity index (χ1) is 6.46. The summed E-state index contributed by atoms with van der Waals surface area (Å²) in [5.74, 6) is -0.111. The van der Waals surface area contributed by atoms with Gasteiger partial charge < -0.3 is 0 Å². The fourth-order valence-corrected chi connectivity index (χ4v) is 1.06. The predicted octanol–water partition coefficient (Wildman–Crippen LogP) is 2.12. The van der Waals surface area contributed by atoms with Crippen LogP contribution in [0.2, 0.25) is 0 Å². The van der Waals surface area contributed by atoms with Gasteiger partial charge in [0.2, 0.25) is 0 Å². The first-order valence-electron chi connectivity index (χ1n) is 4.42. The van der Waals surface area contributed by atoms with E-state index in [1.807, 2.05) is 0 Å². The summed E-state index contributed by atoms with van der Waals surface area (Å²) in [6.45, 7) is 5.41. The van der Waals surface area contributed by atoms with E-state index in [2.05, 4.69) is 4.98 Å². The Labute approximate surface area is 83.2 Å². The van der Waals surface area contributed by atoms with Crippen LogP contribution in [0.3, 0.4) is 0 Å². The largest absolute Gasteiger partial charge is 0.298 e. The van der Waals surface area contributed by atoms with E-state index >= 15 is 0 Å². The molecule has 3 nitrogen and oxygen atoms in total. The molecule has 0 spiro atoms. The third kappa shape index (κ3) is 2.05. The summed E-state index contributed by atoms with van der Waals surface area (Å²) in [6.07, 6.45) is 2.18. The van der Waals surface area contributed by atoms with E-state index in [0.29, 0.717) is 11.8 Å². The van der Waals surface area contributed by atoms with Gasteiger partial charge in [0.25, 0.3) is 0 Å². The molecule has 0 aliphatic carbocycles. The number of Topliss-reactive ketones (excluding diaryl/α,β-unsaturated/α-hetero) is 1. The molecule has 3 heteroatoms. The molecule has 0 radical (unpaired) electrons. The second-order valence-corrected chi connectivity index (χ2v) is 4.14. The van der Waals surface area contributed by atoms with Gasteiger partial charge in [0, 0.05) is 17.2 Å². The zero-order valence-corrected chi connectivity index (χ0v) is 8.57. The molecular formula is C11H13NO2. The molecule has 1 rings (SSSR count). The van der Waals surface area contributed by atoms with Gasteiger partial charge in [-0.2, -0.15) is 0 Å². The monoisotopic (exact) mass is 191 g/mol. The lowest BCUT2D eigenvalue weighted by Gasteiger charge is -2.16. The number of hydrogen-bond acceptors (Lipinski definition) is 3. The minimum atomic E-state index is -0.508. The van der Waals surface area contributed by atoms with E-state index in [0.717, 1.165) is 0 Å². The maximum absolute atomic E-state index is 11.8. The molecule has 0 saturated carbocycles. The summed E-state index contributed by atoms with van der Waals surface area (Å²) in [4.78, 5) is 26.4. The molecule has 1 heterocycles. The van der Waals surface area contributed by atoms with Crippen molar-refractivity contribution in [2.45, 2.75) is 20.8 Å². The molecule has 0 aliphatic rings. The number of pyridine rings is 1. The number of hydrogen-bond donors (Lipinski definition) is 0. The van der Waals surface area contributed by atoms with Crippen LogP contribution >= 0.6 is 0 Å². The molecule has 0 unspecified atom stereocenters. The number of carbonyl (C=O) groups excluding carboxylic acids is 2. The van der Waals surface area contributed by atoms with Crippen LogP contribution in [-0.4, -0.2) is 17.1 Å². The molecule has 1 aromatic heterocycles. The van der Waals surface area contributed by atoms with Crippen LogP contribution in [0, 0.1) is 5.41 Å². The van der Waals surface area contributed by atoms with Crippen molar-refractivity contribution in [1.82, 2.24) is 4.98 Å². The smallest absolute Gasteiger partial charge is 0.187 e. The fourth-order valence-electron chi connectivity index (χ4n) is 1.06. The highest BCUT2D eigenvalue weighted by molar-refractivity contribution is 6.03. The van der Waals surface area contributed by atoms with Crippen molar-refractivity contribution < 1.29 is 9.59 Å². The zero-order valence-electron chi connectivity index (χ0n) is 8.57. The van der Waals surface area contributed by atoms with Crippen molar-refractivity contribution in [3.8, 4) is 0 Å². The molecule has 0 saturated heterocycles. The second-order valence-electron chi connectivity index (χ2n) is 4.14. The van der Waals surface area contributed by atoms with E-state index in [-0.39, 0.29) is 11.5 Å². The maximum atomic E-state index is 11.8. The van der Waals surface area contributed by atoms with E-state index in [9.17, 15) is 9.59 Å². The third-order valence-electron chi connectivity index (χ3n) is 1.86. The van der Waals surface area contributed by atoms with Gasteiger partial charge in [-0.25, -0.2) is 0 Å². The molecule has 0 bridgehead atoms. The van der Waals surface area contributed by atoms with Crippen LogP contribution in [0.4, 0.5) is 0 Å². The Kier molecular flexibility index (Phi) is 2.79. The van der Waals surface area contributed by atoms with Crippen LogP contribution in [-0.2, 0) is 0 Å². The van der Waals surface area contributed by atoms with Gasteiger partial charge >= 0.3 is 0 Å². The quantitative estimate of drug-likeness (QED) is 0.531. The van der Waals surface area contributed by atoms with Crippen molar-refractivity contribution >= 4 is 12.1 Å². The molecule has 74 valence electrons. The number of ketones is 1. The zero-order chi connectivity index (χ0) is 10.8. The van der Waals surface area contributed by atoms with Crippen molar-refractivity contribution in [3.05, 3.63) is 29.6 Å². The highest BCUT2D eigenvalue weighted by Crippen LogP contribution is 2.20. The normalized spacial score (nSPS) is 11.1. The summed E-state index contributed by atoms with van der Waals surface area (Å²) in [5.41, 5.74) is 0.106. The molecule has 0 aromatic carbocycles. The Hall–Kier alpha value is -1.51. The first kappa shape index (κ1) is 10.6. The average Bonchev–Trinajstić information content (AvgIpc) is 2.15. The number of rotatable bonds is 2. The number of carbonyl (C=O) groups is 2. The highest BCUT2D eigenvalue weighted by Gasteiger charge is 2.25. The van der Waals surface area contributed by atoms with Gasteiger partial charge in [-0.1, -0.05) is 20.8 Å².